The maximum absolute atomic E-state index is 13.0. The fourth-order valence-corrected chi connectivity index (χ4v) is 3.64. The number of benzene rings is 2. The van der Waals surface area contributed by atoms with E-state index in [1.165, 1.54) is 30.3 Å². The van der Waals surface area contributed by atoms with Crippen LogP contribution >= 0.6 is 23.2 Å². The lowest BCUT2D eigenvalue weighted by atomic mass is 10.1. The number of rotatable bonds is 4. The van der Waals surface area contributed by atoms with E-state index in [1.807, 2.05) is 0 Å². The van der Waals surface area contributed by atoms with Crippen LogP contribution in [0.25, 0.3) is 6.08 Å². The zero-order chi connectivity index (χ0) is 21.4. The molecule has 0 atom stereocenters. The zero-order valence-corrected chi connectivity index (χ0v) is 17.0. The SMILES string of the molecule is CCOc1c(Cl)cc(/C=C2\C(=O)NC(=O)N(c3ccc4c(c3)OCO4)C2=O)cc1Cl. The lowest BCUT2D eigenvalue weighted by Crippen LogP contribution is -2.54. The number of ether oxygens (including phenoxy) is 3. The number of fused-ring (bicyclic) bond motifs is 1. The number of halogens is 2. The lowest BCUT2D eigenvalue weighted by Gasteiger charge is -2.26. The smallest absolute Gasteiger partial charge is 0.335 e. The minimum absolute atomic E-state index is 0.0435. The monoisotopic (exact) mass is 448 g/mol. The molecule has 154 valence electrons. The van der Waals surface area contributed by atoms with Crippen LogP contribution in [0.15, 0.2) is 35.9 Å². The zero-order valence-electron chi connectivity index (χ0n) is 15.5. The minimum Gasteiger partial charge on any atom is -0.491 e. The van der Waals surface area contributed by atoms with Gasteiger partial charge < -0.3 is 14.2 Å². The van der Waals surface area contributed by atoms with Crippen molar-refractivity contribution in [1.82, 2.24) is 5.32 Å². The second-order valence-corrected chi connectivity index (χ2v) is 7.06. The highest BCUT2D eigenvalue weighted by molar-refractivity contribution is 6.40. The van der Waals surface area contributed by atoms with Crippen LogP contribution in [0.5, 0.6) is 17.2 Å². The molecule has 0 radical (unpaired) electrons. The number of carbonyl (C=O) groups is 3. The summed E-state index contributed by atoms with van der Waals surface area (Å²) in [6.45, 7) is 2.20. The van der Waals surface area contributed by atoms with Gasteiger partial charge in [-0.2, -0.15) is 0 Å². The van der Waals surface area contributed by atoms with E-state index in [0.29, 0.717) is 29.4 Å². The first-order chi connectivity index (χ1) is 14.4. The second kappa shape index (κ2) is 7.89. The summed E-state index contributed by atoms with van der Waals surface area (Å²) in [5.74, 6) is -0.443. The van der Waals surface area contributed by atoms with E-state index in [1.54, 1.807) is 13.0 Å². The molecule has 4 amide bonds. The van der Waals surface area contributed by atoms with Crippen molar-refractivity contribution in [2.45, 2.75) is 6.92 Å². The first kappa shape index (κ1) is 20.1. The number of hydrogen-bond acceptors (Lipinski definition) is 6. The van der Waals surface area contributed by atoms with Gasteiger partial charge >= 0.3 is 6.03 Å². The van der Waals surface area contributed by atoms with Gasteiger partial charge in [0.15, 0.2) is 17.2 Å². The van der Waals surface area contributed by atoms with Crippen molar-refractivity contribution in [3.8, 4) is 17.2 Å². The Morgan fingerprint density at radius 1 is 1.10 bits per heavy atom. The van der Waals surface area contributed by atoms with Crippen molar-refractivity contribution >= 4 is 52.8 Å². The van der Waals surface area contributed by atoms with Crippen molar-refractivity contribution in [2.24, 2.45) is 0 Å². The summed E-state index contributed by atoms with van der Waals surface area (Å²) in [4.78, 5) is 38.5. The van der Waals surface area contributed by atoms with E-state index >= 15 is 0 Å². The fraction of sp³-hybridized carbons (Fsp3) is 0.150. The maximum Gasteiger partial charge on any atom is 0.335 e. The van der Waals surface area contributed by atoms with Crippen molar-refractivity contribution < 1.29 is 28.6 Å². The van der Waals surface area contributed by atoms with Crippen LogP contribution in [0.2, 0.25) is 10.0 Å². The molecule has 2 aromatic carbocycles. The quantitative estimate of drug-likeness (QED) is 0.564. The van der Waals surface area contributed by atoms with E-state index < -0.39 is 17.8 Å². The van der Waals surface area contributed by atoms with Crippen LogP contribution in [0.3, 0.4) is 0 Å². The summed E-state index contributed by atoms with van der Waals surface area (Å²) in [6, 6.07) is 6.72. The standard InChI is InChI=1S/C20H14Cl2N2O6/c1-2-28-17-13(21)6-10(7-14(17)22)5-12-18(25)23-20(27)24(19(12)26)11-3-4-15-16(8-11)30-9-29-15/h3-8H,2,9H2,1H3,(H,23,25,27)/b12-5+. The van der Waals surface area contributed by atoms with Crippen LogP contribution < -0.4 is 24.4 Å². The third-order valence-electron chi connectivity index (χ3n) is 4.34. The Labute approximate surface area is 180 Å². The van der Waals surface area contributed by atoms with E-state index in [4.69, 9.17) is 37.4 Å². The number of hydrogen-bond donors (Lipinski definition) is 1. The molecule has 1 saturated heterocycles. The number of anilines is 1. The van der Waals surface area contributed by atoms with E-state index in [-0.39, 0.29) is 28.1 Å². The number of urea groups is 1. The summed E-state index contributed by atoms with van der Waals surface area (Å²) in [7, 11) is 0. The van der Waals surface area contributed by atoms with Gasteiger partial charge in [0.2, 0.25) is 6.79 Å². The predicted octanol–water partition coefficient (Wildman–Crippen LogP) is 3.79. The second-order valence-electron chi connectivity index (χ2n) is 6.24. The molecule has 0 aromatic heterocycles. The molecule has 2 aromatic rings. The molecule has 30 heavy (non-hydrogen) atoms. The molecule has 1 fully saturated rings. The van der Waals surface area contributed by atoms with Gasteiger partial charge in [0.05, 0.1) is 22.3 Å². The van der Waals surface area contributed by atoms with E-state index in [0.717, 1.165) is 4.90 Å². The number of nitrogens with one attached hydrogen (secondary N) is 1. The molecule has 8 nitrogen and oxygen atoms in total. The van der Waals surface area contributed by atoms with Crippen molar-refractivity contribution in [2.75, 3.05) is 18.3 Å². The number of nitrogens with zero attached hydrogens (tertiary/aromatic N) is 1. The van der Waals surface area contributed by atoms with Gasteiger partial charge in [-0.15, -0.1) is 0 Å². The molecule has 10 heteroatoms. The fourth-order valence-electron chi connectivity index (χ4n) is 3.03. The van der Waals surface area contributed by atoms with E-state index in [2.05, 4.69) is 5.32 Å². The van der Waals surface area contributed by atoms with Gasteiger partial charge in [0, 0.05) is 6.07 Å². The molecule has 2 heterocycles. The summed E-state index contributed by atoms with van der Waals surface area (Å²) in [5, 5.41) is 2.60. The van der Waals surface area contributed by atoms with Gasteiger partial charge in [-0.1, -0.05) is 23.2 Å². The third-order valence-corrected chi connectivity index (χ3v) is 4.90. The molecule has 2 aliphatic rings. The minimum atomic E-state index is -0.872. The van der Waals surface area contributed by atoms with Crippen LogP contribution in [0, 0.1) is 0 Å². The Hall–Kier alpha value is -3.23. The Bertz CT molecular complexity index is 1090. The van der Waals surface area contributed by atoms with Crippen molar-refractivity contribution in [3.05, 3.63) is 51.5 Å². The highest BCUT2D eigenvalue weighted by Gasteiger charge is 2.37. The average molecular weight is 449 g/mol. The summed E-state index contributed by atoms with van der Waals surface area (Å²) in [5.41, 5.74) is 0.360. The Morgan fingerprint density at radius 2 is 1.80 bits per heavy atom. The first-order valence-electron chi connectivity index (χ1n) is 8.82. The lowest BCUT2D eigenvalue weighted by molar-refractivity contribution is -0.122. The molecule has 0 unspecified atom stereocenters. The topological polar surface area (TPSA) is 94.2 Å². The predicted molar refractivity (Wildman–Crippen MR) is 109 cm³/mol. The first-order valence-corrected chi connectivity index (χ1v) is 9.57. The van der Waals surface area contributed by atoms with Crippen LogP contribution in [-0.4, -0.2) is 31.2 Å². The Balaban J connectivity index is 1.71. The highest BCUT2D eigenvalue weighted by Crippen LogP contribution is 2.37. The highest BCUT2D eigenvalue weighted by atomic mass is 35.5. The average Bonchev–Trinajstić information content (AvgIpc) is 3.16. The largest absolute Gasteiger partial charge is 0.491 e. The summed E-state index contributed by atoms with van der Waals surface area (Å²) < 4.78 is 15.9. The number of barbiturate groups is 1. The molecule has 0 spiro atoms. The van der Waals surface area contributed by atoms with Crippen molar-refractivity contribution in [3.63, 3.8) is 0 Å². The van der Waals surface area contributed by atoms with Crippen molar-refractivity contribution in [1.29, 1.82) is 0 Å². The third kappa shape index (κ3) is 3.55. The van der Waals surface area contributed by atoms with Crippen LogP contribution in [0.4, 0.5) is 10.5 Å². The van der Waals surface area contributed by atoms with Crippen LogP contribution in [0.1, 0.15) is 12.5 Å². The Kier molecular flexibility index (Phi) is 5.27. The van der Waals surface area contributed by atoms with Gasteiger partial charge in [0.25, 0.3) is 11.8 Å². The molecule has 2 aliphatic heterocycles. The summed E-state index contributed by atoms with van der Waals surface area (Å²) in [6.07, 6.45) is 1.30. The molecule has 1 N–H and O–H groups in total. The molecular formula is C20H14Cl2N2O6. The van der Waals surface area contributed by atoms with Gasteiger partial charge in [-0.3, -0.25) is 14.9 Å². The molecule has 0 saturated carbocycles. The number of imide groups is 2. The molecule has 0 aliphatic carbocycles. The maximum atomic E-state index is 13.0. The van der Waals surface area contributed by atoms with Gasteiger partial charge in [-0.05, 0) is 42.8 Å². The van der Waals surface area contributed by atoms with E-state index in [9.17, 15) is 14.4 Å². The Morgan fingerprint density at radius 3 is 2.50 bits per heavy atom. The normalized spacial score (nSPS) is 16.8. The number of amides is 4. The van der Waals surface area contributed by atoms with Gasteiger partial charge in [0.1, 0.15) is 5.57 Å². The molecular weight excluding hydrogens is 435 g/mol. The number of carbonyl (C=O) groups excluding carboxylic acids is 3. The summed E-state index contributed by atoms with van der Waals surface area (Å²) >= 11 is 12.4. The van der Waals surface area contributed by atoms with Gasteiger partial charge in [-0.25, -0.2) is 9.69 Å². The molecule has 0 bridgehead atoms. The molecule has 4 rings (SSSR count). The van der Waals surface area contributed by atoms with Crippen LogP contribution in [-0.2, 0) is 9.59 Å².